The van der Waals surface area contributed by atoms with Crippen LogP contribution in [0.4, 0.5) is 0 Å². The van der Waals surface area contributed by atoms with Crippen molar-refractivity contribution in [3.8, 4) is 22.5 Å². The summed E-state index contributed by atoms with van der Waals surface area (Å²) in [4.78, 5) is 11.3. The summed E-state index contributed by atoms with van der Waals surface area (Å²) in [7, 11) is 0. The number of likely N-dealkylation sites (tertiary alicyclic amines) is 2. The van der Waals surface area contributed by atoms with Gasteiger partial charge < -0.3 is 19.8 Å². The number of hydrogen-bond donors (Lipinski definition) is 4. The van der Waals surface area contributed by atoms with Gasteiger partial charge in [0.05, 0.1) is 0 Å². The van der Waals surface area contributed by atoms with E-state index < -0.39 is 0 Å². The van der Waals surface area contributed by atoms with Crippen LogP contribution in [-0.4, -0.2) is 57.6 Å². The fraction of sp³-hybridized carbons (Fsp3) is 0.200. The molecular formula is C30H28N6. The normalized spacial score (nSPS) is 15.2. The van der Waals surface area contributed by atoms with Crippen molar-refractivity contribution in [2.75, 3.05) is 26.2 Å². The van der Waals surface area contributed by atoms with E-state index in [-0.39, 0.29) is 0 Å². The minimum Gasteiger partial charge on any atom is -0.356 e. The predicted molar refractivity (Wildman–Crippen MR) is 147 cm³/mol. The molecule has 0 aliphatic carbocycles. The van der Waals surface area contributed by atoms with E-state index in [2.05, 4.69) is 92.6 Å². The predicted octanol–water partition coefficient (Wildman–Crippen LogP) is 6.05. The summed E-state index contributed by atoms with van der Waals surface area (Å²) in [6.45, 7) is 3.94. The number of nitrogens with zero attached hydrogens (tertiary/aromatic N) is 2. The molecule has 7 rings (SSSR count). The molecule has 0 amide bonds. The summed E-state index contributed by atoms with van der Waals surface area (Å²) in [6, 6.07) is 25.5. The standard InChI is InChI=1S/C30H28N6/c31-29(35-11-1-12-35)23-9-7-21-15-25(33-27(21)17-23)19-3-5-20(6-4-19)26-16-22-8-10-24(18-28(22)34-26)30(32)36-13-2-14-36/h3-10,15-18,31-34H,1-2,11-14H2. The van der Waals surface area contributed by atoms with Crippen LogP contribution < -0.4 is 0 Å². The average molecular weight is 473 g/mol. The molecule has 2 aromatic heterocycles. The van der Waals surface area contributed by atoms with Crippen LogP contribution in [0.3, 0.4) is 0 Å². The van der Waals surface area contributed by atoms with Crippen LogP contribution in [-0.2, 0) is 0 Å². The zero-order chi connectivity index (χ0) is 24.2. The number of aromatic amines is 2. The Kier molecular flexibility index (Phi) is 4.74. The number of rotatable bonds is 4. The molecule has 6 nitrogen and oxygen atoms in total. The molecule has 4 heterocycles. The van der Waals surface area contributed by atoms with Gasteiger partial charge in [-0.25, -0.2) is 0 Å². The van der Waals surface area contributed by atoms with Gasteiger partial charge in [0.25, 0.3) is 0 Å². The largest absolute Gasteiger partial charge is 0.356 e. The molecule has 2 saturated heterocycles. The van der Waals surface area contributed by atoms with E-state index >= 15 is 0 Å². The molecule has 0 saturated carbocycles. The summed E-state index contributed by atoms with van der Waals surface area (Å²) in [5.41, 5.74) is 8.48. The molecule has 6 heteroatoms. The Bertz CT molecular complexity index is 1510. The maximum atomic E-state index is 8.44. The Morgan fingerprint density at radius 1 is 0.556 bits per heavy atom. The van der Waals surface area contributed by atoms with E-state index in [0.29, 0.717) is 11.7 Å². The van der Waals surface area contributed by atoms with Crippen LogP contribution in [0, 0.1) is 10.8 Å². The van der Waals surface area contributed by atoms with Gasteiger partial charge in [0.15, 0.2) is 0 Å². The summed E-state index contributed by atoms with van der Waals surface area (Å²) >= 11 is 0. The number of aromatic nitrogens is 2. The highest BCUT2D eigenvalue weighted by Gasteiger charge is 2.20. The first kappa shape index (κ1) is 21.0. The maximum Gasteiger partial charge on any atom is 0.128 e. The van der Waals surface area contributed by atoms with E-state index in [1.807, 2.05) is 0 Å². The lowest BCUT2D eigenvalue weighted by Gasteiger charge is -2.33. The fourth-order valence-electron chi connectivity index (χ4n) is 5.13. The fourth-order valence-corrected chi connectivity index (χ4v) is 5.13. The van der Waals surface area contributed by atoms with Gasteiger partial charge in [-0.2, -0.15) is 0 Å². The van der Waals surface area contributed by atoms with E-state index in [9.17, 15) is 0 Å². The third-order valence-electron chi connectivity index (χ3n) is 7.64. The smallest absolute Gasteiger partial charge is 0.128 e. The molecule has 0 spiro atoms. The van der Waals surface area contributed by atoms with Gasteiger partial charge in [0.2, 0.25) is 0 Å². The quantitative estimate of drug-likeness (QED) is 0.190. The molecule has 5 aromatic rings. The highest BCUT2D eigenvalue weighted by Crippen LogP contribution is 2.30. The first-order chi connectivity index (χ1) is 17.6. The minimum absolute atomic E-state index is 0.617. The summed E-state index contributed by atoms with van der Waals surface area (Å²) in [6.07, 6.45) is 2.35. The van der Waals surface area contributed by atoms with Gasteiger partial charge in [-0.05, 0) is 48.2 Å². The van der Waals surface area contributed by atoms with Crippen LogP contribution in [0.15, 0.2) is 72.8 Å². The van der Waals surface area contributed by atoms with Crippen LogP contribution >= 0.6 is 0 Å². The van der Waals surface area contributed by atoms with Gasteiger partial charge in [0, 0.05) is 70.5 Å². The second kappa shape index (κ2) is 8.12. The molecule has 36 heavy (non-hydrogen) atoms. The third-order valence-corrected chi connectivity index (χ3v) is 7.64. The van der Waals surface area contributed by atoms with E-state index in [1.54, 1.807) is 0 Å². The molecule has 178 valence electrons. The molecule has 4 N–H and O–H groups in total. The van der Waals surface area contributed by atoms with Crippen LogP contribution in [0.25, 0.3) is 44.3 Å². The zero-order valence-electron chi connectivity index (χ0n) is 20.1. The zero-order valence-corrected chi connectivity index (χ0v) is 20.1. The molecule has 0 atom stereocenters. The molecule has 0 radical (unpaired) electrons. The molecular weight excluding hydrogens is 444 g/mol. The number of hydrogen-bond acceptors (Lipinski definition) is 2. The van der Waals surface area contributed by atoms with E-state index in [1.165, 1.54) is 12.8 Å². The van der Waals surface area contributed by atoms with Crippen molar-refractivity contribution >= 4 is 33.5 Å². The summed E-state index contributed by atoms with van der Waals surface area (Å²) in [5.74, 6) is 1.23. The molecule has 0 unspecified atom stereocenters. The second-order valence-electron chi connectivity index (χ2n) is 9.93. The Balaban J connectivity index is 1.14. The Morgan fingerprint density at radius 2 is 0.972 bits per heavy atom. The van der Waals surface area contributed by atoms with Gasteiger partial charge in [-0.15, -0.1) is 0 Å². The molecule has 0 bridgehead atoms. The van der Waals surface area contributed by atoms with Crippen LogP contribution in [0.5, 0.6) is 0 Å². The van der Waals surface area contributed by atoms with Crippen molar-refractivity contribution in [3.05, 3.63) is 83.9 Å². The lowest BCUT2D eigenvalue weighted by Crippen LogP contribution is -2.42. The Morgan fingerprint density at radius 3 is 1.33 bits per heavy atom. The van der Waals surface area contributed by atoms with Crippen molar-refractivity contribution < 1.29 is 0 Å². The number of nitrogens with one attached hydrogen (secondary N) is 4. The van der Waals surface area contributed by atoms with Crippen molar-refractivity contribution in [2.24, 2.45) is 0 Å². The van der Waals surface area contributed by atoms with Crippen LogP contribution in [0.1, 0.15) is 24.0 Å². The third kappa shape index (κ3) is 3.49. The molecule has 2 aliphatic heterocycles. The highest BCUT2D eigenvalue weighted by molar-refractivity contribution is 6.01. The van der Waals surface area contributed by atoms with Crippen molar-refractivity contribution in [1.29, 1.82) is 10.8 Å². The second-order valence-corrected chi connectivity index (χ2v) is 9.93. The van der Waals surface area contributed by atoms with Gasteiger partial charge in [0.1, 0.15) is 11.7 Å². The van der Waals surface area contributed by atoms with Gasteiger partial charge >= 0.3 is 0 Å². The highest BCUT2D eigenvalue weighted by atomic mass is 15.2. The van der Waals surface area contributed by atoms with Crippen molar-refractivity contribution in [2.45, 2.75) is 12.8 Å². The van der Waals surface area contributed by atoms with E-state index in [0.717, 1.165) is 81.6 Å². The first-order valence-corrected chi connectivity index (χ1v) is 12.7. The van der Waals surface area contributed by atoms with Crippen molar-refractivity contribution in [3.63, 3.8) is 0 Å². The number of fused-ring (bicyclic) bond motifs is 2. The average Bonchev–Trinajstić information content (AvgIpc) is 3.45. The summed E-state index contributed by atoms with van der Waals surface area (Å²) in [5, 5.41) is 19.2. The maximum absolute atomic E-state index is 8.44. The molecule has 3 aromatic carbocycles. The lowest BCUT2D eigenvalue weighted by atomic mass is 10.1. The van der Waals surface area contributed by atoms with Crippen LogP contribution in [0.2, 0.25) is 0 Å². The first-order valence-electron chi connectivity index (χ1n) is 12.7. The van der Waals surface area contributed by atoms with E-state index in [4.69, 9.17) is 10.8 Å². The topological polar surface area (TPSA) is 85.8 Å². The minimum atomic E-state index is 0.617. The Labute approximate surface area is 209 Å². The summed E-state index contributed by atoms with van der Waals surface area (Å²) < 4.78 is 0. The van der Waals surface area contributed by atoms with Gasteiger partial charge in [-0.3, -0.25) is 10.8 Å². The molecule has 2 fully saturated rings. The monoisotopic (exact) mass is 472 g/mol. The molecule has 2 aliphatic rings. The number of H-pyrrole nitrogens is 2. The van der Waals surface area contributed by atoms with Gasteiger partial charge in [-0.1, -0.05) is 48.5 Å². The Hall–Kier alpha value is -4.32. The number of benzene rings is 3. The SMILES string of the molecule is N=C(c1ccc2cc(-c3ccc(-c4cc5ccc(C(=N)N6CCC6)cc5[nH]4)cc3)[nH]c2c1)N1CCC1. The number of amidine groups is 2. The lowest BCUT2D eigenvalue weighted by molar-refractivity contribution is 0.299. The van der Waals surface area contributed by atoms with Crippen molar-refractivity contribution in [1.82, 2.24) is 19.8 Å².